The van der Waals surface area contributed by atoms with E-state index in [1.54, 1.807) is 0 Å². The van der Waals surface area contributed by atoms with Crippen LogP contribution in [-0.2, 0) is 0 Å². The number of hydrogen-bond donors (Lipinski definition) is 0. The van der Waals surface area contributed by atoms with Crippen molar-refractivity contribution in [2.24, 2.45) is 11.8 Å². The Morgan fingerprint density at radius 1 is 0.714 bits per heavy atom. The van der Waals surface area contributed by atoms with Gasteiger partial charge in [-0.3, -0.25) is 0 Å². The summed E-state index contributed by atoms with van der Waals surface area (Å²) in [7, 11) is 0. The first kappa shape index (κ1) is 7.81. The molecule has 0 heterocycles. The summed E-state index contributed by atoms with van der Waals surface area (Å²) >= 11 is 0. The Morgan fingerprint density at radius 3 is 1.71 bits per heavy atom. The quantitative estimate of drug-likeness (QED) is 0.569. The van der Waals surface area contributed by atoms with Crippen molar-refractivity contribution in [3.8, 4) is 0 Å². The van der Waals surface area contributed by atoms with E-state index < -0.39 is 0 Å². The molecular weight excluding hydrogens is 168 g/mol. The van der Waals surface area contributed by atoms with E-state index >= 15 is 0 Å². The van der Waals surface area contributed by atoms with Crippen LogP contribution in [0.25, 0.3) is 12.2 Å². The van der Waals surface area contributed by atoms with Crippen LogP contribution < -0.4 is 10.4 Å². The van der Waals surface area contributed by atoms with Crippen LogP contribution in [0, 0.1) is 11.8 Å². The van der Waals surface area contributed by atoms with E-state index in [1.165, 1.54) is 10.4 Å². The van der Waals surface area contributed by atoms with Gasteiger partial charge in [0, 0.05) is 11.8 Å². The summed E-state index contributed by atoms with van der Waals surface area (Å²) in [4.78, 5) is 0. The smallest absolute Gasteiger partial charge is 0.00569 e. The van der Waals surface area contributed by atoms with E-state index in [1.807, 2.05) is 0 Å². The maximum Gasteiger partial charge on any atom is 0.00569 e. The molecule has 68 valence electrons. The minimum atomic E-state index is 0.565. The van der Waals surface area contributed by atoms with Crippen molar-refractivity contribution in [1.82, 2.24) is 0 Å². The Balaban J connectivity index is 2.26. The Kier molecular flexibility index (Phi) is 1.66. The molecular formula is C14H12. The second-order valence-electron chi connectivity index (χ2n) is 3.89. The second kappa shape index (κ2) is 2.98. The predicted molar refractivity (Wildman–Crippen MR) is 59.9 cm³/mol. The Morgan fingerprint density at radius 2 is 1.21 bits per heavy atom. The fourth-order valence-electron chi connectivity index (χ4n) is 2.20. The van der Waals surface area contributed by atoms with Crippen molar-refractivity contribution in [2.75, 3.05) is 0 Å². The molecule has 1 unspecified atom stereocenters. The molecule has 0 aliphatic heterocycles. The largest absolute Gasteiger partial charge is 0.0767 e. The monoisotopic (exact) mass is 180 g/mol. The fraction of sp³-hybridized carbons (Fsp3) is 0.143. The molecule has 2 aliphatic carbocycles. The average Bonchev–Trinajstić information content (AvgIpc) is 2.26. The van der Waals surface area contributed by atoms with E-state index in [0.29, 0.717) is 11.8 Å². The van der Waals surface area contributed by atoms with Gasteiger partial charge >= 0.3 is 0 Å². The molecule has 0 saturated carbocycles. The van der Waals surface area contributed by atoms with Crippen LogP contribution in [-0.4, -0.2) is 0 Å². The molecule has 0 saturated heterocycles. The van der Waals surface area contributed by atoms with E-state index in [4.69, 9.17) is 0 Å². The molecule has 0 bridgehead atoms. The highest BCUT2D eigenvalue weighted by molar-refractivity contribution is 5.49. The maximum absolute atomic E-state index is 2.36. The molecule has 0 N–H and O–H groups in total. The first-order valence-corrected chi connectivity index (χ1v) is 5.07. The maximum atomic E-state index is 2.36. The van der Waals surface area contributed by atoms with Gasteiger partial charge in [0.2, 0.25) is 0 Å². The van der Waals surface area contributed by atoms with Crippen LogP contribution in [0.5, 0.6) is 0 Å². The van der Waals surface area contributed by atoms with E-state index in [9.17, 15) is 0 Å². The first-order chi connectivity index (χ1) is 6.93. The molecule has 1 aromatic carbocycles. The summed E-state index contributed by atoms with van der Waals surface area (Å²) in [6, 6.07) is 8.58. The molecule has 14 heavy (non-hydrogen) atoms. The van der Waals surface area contributed by atoms with Gasteiger partial charge in [0.25, 0.3) is 0 Å². The summed E-state index contributed by atoms with van der Waals surface area (Å²) in [5, 5.41) is 2.74. The number of hydrogen-bond acceptors (Lipinski definition) is 0. The Labute approximate surface area is 83.6 Å². The fourth-order valence-corrected chi connectivity index (χ4v) is 2.20. The summed E-state index contributed by atoms with van der Waals surface area (Å²) < 4.78 is 0. The third kappa shape index (κ3) is 1.15. The lowest BCUT2D eigenvalue weighted by Crippen LogP contribution is -2.31. The zero-order valence-electron chi connectivity index (χ0n) is 7.93. The minimum absolute atomic E-state index is 0.565. The van der Waals surface area contributed by atoms with Gasteiger partial charge in [-0.25, -0.2) is 0 Å². The van der Waals surface area contributed by atoms with Crippen LogP contribution in [0.4, 0.5) is 0 Å². The second-order valence-corrected chi connectivity index (χ2v) is 3.89. The van der Waals surface area contributed by atoms with Crippen LogP contribution in [0.15, 0.2) is 48.6 Å². The standard InChI is InChI=1S/C14H12/c1-2-6-12-10-14-8-4-3-7-13(14)9-11(12)5-1/h1-12H/t11-,12?/m1/s1. The SMILES string of the molecule is C1=CC2C=c3ccccc3=C[C@H]2C=C1. The van der Waals surface area contributed by atoms with Gasteiger partial charge in [0.05, 0.1) is 0 Å². The molecule has 1 aromatic rings. The zero-order chi connectivity index (χ0) is 9.38. The van der Waals surface area contributed by atoms with E-state index in [0.717, 1.165) is 0 Å². The third-order valence-corrected chi connectivity index (χ3v) is 2.96. The normalized spacial score (nSPS) is 27.1. The van der Waals surface area contributed by atoms with Gasteiger partial charge < -0.3 is 0 Å². The number of fused-ring (bicyclic) bond motifs is 2. The zero-order valence-corrected chi connectivity index (χ0v) is 7.93. The van der Waals surface area contributed by atoms with Gasteiger partial charge in [-0.15, -0.1) is 0 Å². The van der Waals surface area contributed by atoms with Crippen molar-refractivity contribution in [3.05, 3.63) is 59.0 Å². The van der Waals surface area contributed by atoms with Crippen LogP contribution >= 0.6 is 0 Å². The highest BCUT2D eigenvalue weighted by atomic mass is 14.2. The number of rotatable bonds is 0. The topological polar surface area (TPSA) is 0 Å². The molecule has 0 fully saturated rings. The van der Waals surface area contributed by atoms with Crippen molar-refractivity contribution >= 4 is 12.2 Å². The summed E-state index contributed by atoms with van der Waals surface area (Å²) in [5.74, 6) is 1.13. The van der Waals surface area contributed by atoms with Gasteiger partial charge in [-0.05, 0) is 10.4 Å². The van der Waals surface area contributed by atoms with Crippen molar-refractivity contribution in [3.63, 3.8) is 0 Å². The summed E-state index contributed by atoms with van der Waals surface area (Å²) in [5.41, 5.74) is 0. The minimum Gasteiger partial charge on any atom is -0.0767 e. The first-order valence-electron chi connectivity index (χ1n) is 5.07. The van der Waals surface area contributed by atoms with Gasteiger partial charge in [0.15, 0.2) is 0 Å². The van der Waals surface area contributed by atoms with Gasteiger partial charge in [0.1, 0.15) is 0 Å². The molecule has 0 spiro atoms. The molecule has 0 radical (unpaired) electrons. The van der Waals surface area contributed by atoms with Crippen LogP contribution in [0.2, 0.25) is 0 Å². The average molecular weight is 180 g/mol. The Hall–Kier alpha value is -1.56. The highest BCUT2D eigenvalue weighted by Gasteiger charge is 2.15. The lowest BCUT2D eigenvalue weighted by molar-refractivity contribution is 0.723. The molecule has 0 aromatic heterocycles. The molecule has 0 heteroatoms. The lowest BCUT2D eigenvalue weighted by atomic mass is 9.84. The summed E-state index contributed by atoms with van der Waals surface area (Å²) in [6.45, 7) is 0. The van der Waals surface area contributed by atoms with Gasteiger partial charge in [-0.1, -0.05) is 60.7 Å². The molecule has 2 atom stereocenters. The Bertz CT molecular complexity index is 468. The third-order valence-electron chi connectivity index (χ3n) is 2.96. The molecule has 0 nitrogen and oxygen atoms in total. The molecule has 0 amide bonds. The van der Waals surface area contributed by atoms with Crippen molar-refractivity contribution in [2.45, 2.75) is 0 Å². The van der Waals surface area contributed by atoms with E-state index in [-0.39, 0.29) is 0 Å². The van der Waals surface area contributed by atoms with Gasteiger partial charge in [-0.2, -0.15) is 0 Å². The molecule has 3 rings (SSSR count). The number of benzene rings is 1. The molecule has 2 aliphatic rings. The van der Waals surface area contributed by atoms with E-state index in [2.05, 4.69) is 60.7 Å². The van der Waals surface area contributed by atoms with Crippen molar-refractivity contribution in [1.29, 1.82) is 0 Å². The van der Waals surface area contributed by atoms with Crippen molar-refractivity contribution < 1.29 is 0 Å². The van der Waals surface area contributed by atoms with Crippen LogP contribution in [0.3, 0.4) is 0 Å². The summed E-state index contributed by atoms with van der Waals surface area (Å²) in [6.07, 6.45) is 13.5. The highest BCUT2D eigenvalue weighted by Crippen LogP contribution is 2.23. The predicted octanol–water partition coefficient (Wildman–Crippen LogP) is 1.62. The number of allylic oxidation sites excluding steroid dienone is 4. The lowest BCUT2D eigenvalue weighted by Gasteiger charge is -2.20. The van der Waals surface area contributed by atoms with Crippen LogP contribution in [0.1, 0.15) is 0 Å².